The number of carboxylic acid groups (broad SMARTS) is 1. The summed E-state index contributed by atoms with van der Waals surface area (Å²) in [4.78, 5) is 21.8. The largest absolute Gasteiger partial charge is 0.480 e. The highest BCUT2D eigenvalue weighted by atomic mass is 32.2. The van der Waals surface area contributed by atoms with Crippen molar-refractivity contribution in [2.24, 2.45) is 0 Å². The fourth-order valence-corrected chi connectivity index (χ4v) is 2.81. The number of aliphatic carboxylic acids is 1. The van der Waals surface area contributed by atoms with E-state index in [0.717, 1.165) is 5.56 Å². The van der Waals surface area contributed by atoms with E-state index in [1.165, 1.54) is 6.92 Å². The standard InChI is InChI=1S/C13H14N2O4S/c1-9(16)15-12(13(17)18)8-20(19)7-11-4-2-10(6-14)3-5-11/h2-5,12H,7-8H2,1H3,(H,15,16)(H,17,18). The molecule has 0 aliphatic rings. The molecule has 0 spiro atoms. The summed E-state index contributed by atoms with van der Waals surface area (Å²) >= 11 is 0. The first kappa shape index (κ1) is 15.9. The van der Waals surface area contributed by atoms with Crippen LogP contribution in [0.2, 0.25) is 0 Å². The Hall–Kier alpha value is -2.20. The van der Waals surface area contributed by atoms with Gasteiger partial charge >= 0.3 is 5.97 Å². The number of carbonyl (C=O) groups is 2. The topological polar surface area (TPSA) is 107 Å². The third-order valence-corrected chi connectivity index (χ3v) is 3.80. The average Bonchev–Trinajstić information content (AvgIpc) is 2.38. The summed E-state index contributed by atoms with van der Waals surface area (Å²) in [5.41, 5.74) is 1.25. The smallest absolute Gasteiger partial charge is 0.327 e. The fourth-order valence-electron chi connectivity index (χ4n) is 1.53. The Morgan fingerprint density at radius 1 is 1.40 bits per heavy atom. The molecule has 2 unspecified atom stereocenters. The number of nitriles is 1. The third kappa shape index (κ3) is 5.20. The van der Waals surface area contributed by atoms with Gasteiger partial charge in [0, 0.05) is 23.5 Å². The molecule has 0 heterocycles. The van der Waals surface area contributed by atoms with E-state index in [2.05, 4.69) is 5.32 Å². The van der Waals surface area contributed by atoms with E-state index in [-0.39, 0.29) is 11.5 Å². The summed E-state index contributed by atoms with van der Waals surface area (Å²) in [6, 6.07) is 7.37. The van der Waals surface area contributed by atoms with Crippen LogP contribution in [0.15, 0.2) is 24.3 Å². The molecule has 1 aromatic rings. The minimum atomic E-state index is -1.43. The second-order valence-corrected chi connectivity index (χ2v) is 5.65. The maximum Gasteiger partial charge on any atom is 0.327 e. The molecular weight excluding hydrogens is 280 g/mol. The van der Waals surface area contributed by atoms with Crippen LogP contribution in [-0.2, 0) is 26.1 Å². The summed E-state index contributed by atoms with van der Waals surface area (Å²) in [5, 5.41) is 19.8. The molecule has 106 valence electrons. The molecule has 0 saturated heterocycles. The van der Waals surface area contributed by atoms with E-state index in [1.54, 1.807) is 24.3 Å². The molecule has 1 aromatic carbocycles. The minimum absolute atomic E-state index is 0.158. The minimum Gasteiger partial charge on any atom is -0.480 e. The molecule has 0 fully saturated rings. The molecule has 0 saturated carbocycles. The molecule has 0 aliphatic heterocycles. The predicted molar refractivity (Wildman–Crippen MR) is 73.1 cm³/mol. The monoisotopic (exact) mass is 294 g/mol. The maximum atomic E-state index is 11.9. The van der Waals surface area contributed by atoms with Crippen molar-refractivity contribution in [1.82, 2.24) is 5.32 Å². The summed E-state index contributed by atoms with van der Waals surface area (Å²) in [5.74, 6) is -1.68. The number of rotatable bonds is 6. The molecule has 0 aliphatic carbocycles. The highest BCUT2D eigenvalue weighted by molar-refractivity contribution is 7.84. The molecule has 20 heavy (non-hydrogen) atoms. The first-order valence-corrected chi connectivity index (χ1v) is 7.25. The second-order valence-electron chi connectivity index (χ2n) is 4.15. The second kappa shape index (κ2) is 7.40. The van der Waals surface area contributed by atoms with Crippen LogP contribution in [0, 0.1) is 11.3 Å². The number of hydrogen-bond acceptors (Lipinski definition) is 4. The molecule has 2 atom stereocenters. The van der Waals surface area contributed by atoms with E-state index in [4.69, 9.17) is 10.4 Å². The van der Waals surface area contributed by atoms with Crippen molar-refractivity contribution in [3.63, 3.8) is 0 Å². The van der Waals surface area contributed by atoms with Crippen LogP contribution in [-0.4, -0.2) is 33.0 Å². The number of nitrogens with one attached hydrogen (secondary N) is 1. The van der Waals surface area contributed by atoms with E-state index < -0.39 is 28.7 Å². The van der Waals surface area contributed by atoms with Gasteiger partial charge < -0.3 is 10.4 Å². The highest BCUT2D eigenvalue weighted by Gasteiger charge is 2.21. The van der Waals surface area contributed by atoms with Crippen molar-refractivity contribution in [2.75, 3.05) is 5.75 Å². The number of nitrogens with zero attached hydrogens (tertiary/aromatic N) is 1. The van der Waals surface area contributed by atoms with Crippen LogP contribution in [0.3, 0.4) is 0 Å². The van der Waals surface area contributed by atoms with Crippen LogP contribution >= 0.6 is 0 Å². The SMILES string of the molecule is CC(=O)NC(CS(=O)Cc1ccc(C#N)cc1)C(=O)O. The summed E-state index contributed by atoms with van der Waals surface area (Å²) in [6.45, 7) is 1.21. The summed E-state index contributed by atoms with van der Waals surface area (Å²) in [6.07, 6.45) is 0. The van der Waals surface area contributed by atoms with Gasteiger partial charge in [0.1, 0.15) is 6.04 Å². The van der Waals surface area contributed by atoms with E-state index in [1.807, 2.05) is 6.07 Å². The Bertz CT molecular complexity index is 563. The molecule has 1 amide bonds. The number of benzene rings is 1. The summed E-state index contributed by atoms with van der Waals surface area (Å²) < 4.78 is 11.9. The van der Waals surface area contributed by atoms with Gasteiger partial charge in [0.15, 0.2) is 0 Å². The average molecular weight is 294 g/mol. The number of amides is 1. The van der Waals surface area contributed by atoms with Gasteiger partial charge in [0.2, 0.25) is 5.91 Å². The van der Waals surface area contributed by atoms with Crippen molar-refractivity contribution < 1.29 is 18.9 Å². The third-order valence-electron chi connectivity index (χ3n) is 2.44. The summed E-state index contributed by atoms with van der Waals surface area (Å²) in [7, 11) is -1.43. The van der Waals surface area contributed by atoms with Gasteiger partial charge in [0.25, 0.3) is 0 Å². The van der Waals surface area contributed by atoms with E-state index in [9.17, 15) is 13.8 Å². The molecule has 1 rings (SSSR count). The van der Waals surface area contributed by atoms with Crippen molar-refractivity contribution in [3.8, 4) is 6.07 Å². The molecule has 0 radical (unpaired) electrons. The number of carboxylic acids is 1. The van der Waals surface area contributed by atoms with E-state index in [0.29, 0.717) is 5.56 Å². The zero-order valence-corrected chi connectivity index (χ0v) is 11.6. The number of hydrogen-bond donors (Lipinski definition) is 2. The lowest BCUT2D eigenvalue weighted by molar-refractivity contribution is -0.140. The Labute approximate surface area is 118 Å². The maximum absolute atomic E-state index is 11.9. The molecule has 0 aromatic heterocycles. The quantitative estimate of drug-likeness (QED) is 0.789. The lowest BCUT2D eigenvalue weighted by Crippen LogP contribution is -2.43. The van der Waals surface area contributed by atoms with Crippen molar-refractivity contribution in [3.05, 3.63) is 35.4 Å². The van der Waals surface area contributed by atoms with Gasteiger partial charge in [-0.3, -0.25) is 9.00 Å². The lowest BCUT2D eigenvalue weighted by Gasteiger charge is -2.12. The highest BCUT2D eigenvalue weighted by Crippen LogP contribution is 2.07. The number of carbonyl (C=O) groups excluding carboxylic acids is 1. The Morgan fingerprint density at radius 2 is 2.00 bits per heavy atom. The van der Waals surface area contributed by atoms with Crippen LogP contribution in [0.5, 0.6) is 0 Å². The van der Waals surface area contributed by atoms with Gasteiger partial charge in [-0.15, -0.1) is 0 Å². The van der Waals surface area contributed by atoms with Crippen LogP contribution in [0.1, 0.15) is 18.1 Å². The van der Waals surface area contributed by atoms with Crippen LogP contribution in [0.4, 0.5) is 0 Å². The van der Waals surface area contributed by atoms with Crippen molar-refractivity contribution in [2.45, 2.75) is 18.7 Å². The first-order chi connectivity index (χ1) is 9.42. The van der Waals surface area contributed by atoms with Crippen LogP contribution in [0.25, 0.3) is 0 Å². The molecule has 2 N–H and O–H groups in total. The fraction of sp³-hybridized carbons (Fsp3) is 0.308. The zero-order valence-electron chi connectivity index (χ0n) is 10.8. The van der Waals surface area contributed by atoms with Gasteiger partial charge in [-0.05, 0) is 17.7 Å². The molecule has 0 bridgehead atoms. The Balaban J connectivity index is 2.63. The van der Waals surface area contributed by atoms with Gasteiger partial charge in [-0.2, -0.15) is 5.26 Å². The van der Waals surface area contributed by atoms with E-state index >= 15 is 0 Å². The Morgan fingerprint density at radius 3 is 2.45 bits per heavy atom. The molecule has 7 heteroatoms. The van der Waals surface area contributed by atoms with Crippen molar-refractivity contribution >= 4 is 22.7 Å². The lowest BCUT2D eigenvalue weighted by atomic mass is 10.2. The predicted octanol–water partition coefficient (Wildman–Crippen LogP) is 0.396. The van der Waals surface area contributed by atoms with Crippen molar-refractivity contribution in [1.29, 1.82) is 5.26 Å². The normalized spacial score (nSPS) is 13.0. The van der Waals surface area contributed by atoms with Gasteiger partial charge in [0.05, 0.1) is 17.4 Å². The molecule has 6 nitrogen and oxygen atoms in total. The molecular formula is C13H14N2O4S. The van der Waals surface area contributed by atoms with Gasteiger partial charge in [-0.1, -0.05) is 12.1 Å². The van der Waals surface area contributed by atoms with Crippen LogP contribution < -0.4 is 5.32 Å². The first-order valence-electron chi connectivity index (χ1n) is 5.76. The Kier molecular flexibility index (Phi) is 5.87. The zero-order chi connectivity index (χ0) is 15.1. The van der Waals surface area contributed by atoms with Gasteiger partial charge in [-0.25, -0.2) is 4.79 Å².